The maximum absolute atomic E-state index is 14.4. The van der Waals surface area contributed by atoms with Crippen molar-refractivity contribution in [3.8, 4) is 0 Å². The molecule has 1 aromatic carbocycles. The summed E-state index contributed by atoms with van der Waals surface area (Å²) in [6.07, 6.45) is 0.688. The average molecular weight is 321 g/mol. The van der Waals surface area contributed by atoms with Crippen LogP contribution in [-0.2, 0) is 9.47 Å². The molecule has 2 fully saturated rings. The number of amides is 1. The van der Waals surface area contributed by atoms with Crippen molar-refractivity contribution in [1.29, 1.82) is 0 Å². The first-order chi connectivity index (χ1) is 11.1. The molecule has 0 aromatic heterocycles. The fourth-order valence-corrected chi connectivity index (χ4v) is 2.71. The quantitative estimate of drug-likeness (QED) is 0.849. The van der Waals surface area contributed by atoms with Crippen molar-refractivity contribution >= 4 is 17.5 Å². The molecule has 1 amide bonds. The number of hydrogen-bond acceptors (Lipinski definition) is 5. The van der Waals surface area contributed by atoms with Crippen molar-refractivity contribution in [2.75, 3.05) is 49.7 Å². The molecule has 2 aliphatic rings. The number of carbonyl (C=O) groups is 1. The maximum Gasteiger partial charge on any atom is 0.416 e. The summed E-state index contributed by atoms with van der Waals surface area (Å²) in [7, 11) is 1.77. The van der Waals surface area contributed by atoms with Gasteiger partial charge in [0.15, 0.2) is 6.23 Å². The van der Waals surface area contributed by atoms with Crippen molar-refractivity contribution in [3.63, 3.8) is 0 Å². The standard InChI is InChI=1S/C16H20FN3O3/c1-3-18(2)15-11-20(16(21)23-15)12-4-5-14(13(17)10-12)19-6-8-22-9-7-19/h3-5,10,15H,1,6-9,11H2,2H3/t15-/m0/s1. The molecule has 0 unspecified atom stereocenters. The summed E-state index contributed by atoms with van der Waals surface area (Å²) in [5, 5.41) is 0. The van der Waals surface area contributed by atoms with Gasteiger partial charge in [0.1, 0.15) is 5.82 Å². The van der Waals surface area contributed by atoms with Crippen LogP contribution in [0.1, 0.15) is 0 Å². The van der Waals surface area contributed by atoms with Crippen molar-refractivity contribution in [2.45, 2.75) is 6.23 Å². The molecule has 1 aromatic rings. The molecule has 0 bridgehead atoms. The monoisotopic (exact) mass is 321 g/mol. The van der Waals surface area contributed by atoms with Gasteiger partial charge in [-0.1, -0.05) is 6.58 Å². The molecule has 124 valence electrons. The van der Waals surface area contributed by atoms with Gasteiger partial charge in [-0.2, -0.15) is 0 Å². The van der Waals surface area contributed by atoms with E-state index >= 15 is 0 Å². The number of halogens is 1. The van der Waals surface area contributed by atoms with E-state index in [0.29, 0.717) is 44.2 Å². The van der Waals surface area contributed by atoms with Gasteiger partial charge in [-0.25, -0.2) is 9.18 Å². The van der Waals surface area contributed by atoms with Crippen LogP contribution in [-0.4, -0.2) is 57.1 Å². The van der Waals surface area contributed by atoms with Gasteiger partial charge >= 0.3 is 6.09 Å². The molecule has 0 radical (unpaired) electrons. The van der Waals surface area contributed by atoms with E-state index in [0.717, 1.165) is 0 Å². The van der Waals surface area contributed by atoms with Crippen LogP contribution in [0.3, 0.4) is 0 Å². The van der Waals surface area contributed by atoms with Crippen LogP contribution in [0.4, 0.5) is 20.6 Å². The molecule has 3 rings (SSSR count). The Bertz CT molecular complexity index is 604. The minimum atomic E-state index is -0.484. The summed E-state index contributed by atoms with van der Waals surface area (Å²) >= 11 is 0. The second-order valence-corrected chi connectivity index (χ2v) is 5.53. The van der Waals surface area contributed by atoms with Crippen LogP contribution in [0, 0.1) is 5.82 Å². The number of carbonyl (C=O) groups excluding carboxylic acids is 1. The number of rotatable bonds is 4. The highest BCUT2D eigenvalue weighted by molar-refractivity contribution is 5.90. The molecule has 2 heterocycles. The zero-order valence-corrected chi connectivity index (χ0v) is 13.1. The Hall–Kier alpha value is -2.28. The molecule has 1 atom stereocenters. The largest absolute Gasteiger partial charge is 0.423 e. The number of hydrogen-bond donors (Lipinski definition) is 0. The fraction of sp³-hybridized carbons (Fsp3) is 0.438. The van der Waals surface area contributed by atoms with Gasteiger partial charge in [0, 0.05) is 20.1 Å². The van der Waals surface area contributed by atoms with Gasteiger partial charge in [0.2, 0.25) is 0 Å². The van der Waals surface area contributed by atoms with Crippen molar-refractivity contribution in [3.05, 3.63) is 36.8 Å². The normalized spacial score (nSPS) is 21.3. The molecule has 0 aliphatic carbocycles. The van der Waals surface area contributed by atoms with Gasteiger partial charge in [-0.05, 0) is 24.4 Å². The van der Waals surface area contributed by atoms with Crippen LogP contribution in [0.5, 0.6) is 0 Å². The number of ether oxygens (including phenoxy) is 2. The van der Waals surface area contributed by atoms with Crippen LogP contribution >= 0.6 is 0 Å². The molecule has 2 saturated heterocycles. The smallest absolute Gasteiger partial charge is 0.416 e. The number of cyclic esters (lactones) is 1. The Labute approximate surface area is 134 Å². The average Bonchev–Trinajstić information content (AvgIpc) is 2.96. The lowest BCUT2D eigenvalue weighted by Gasteiger charge is -2.29. The Balaban J connectivity index is 1.77. The topological polar surface area (TPSA) is 45.2 Å². The zero-order valence-electron chi connectivity index (χ0n) is 13.1. The first-order valence-electron chi connectivity index (χ1n) is 7.55. The number of benzene rings is 1. The second-order valence-electron chi connectivity index (χ2n) is 5.53. The summed E-state index contributed by atoms with van der Waals surface area (Å²) in [5.74, 6) is -0.349. The van der Waals surface area contributed by atoms with Crippen LogP contribution < -0.4 is 9.80 Å². The summed E-state index contributed by atoms with van der Waals surface area (Å²) in [6, 6.07) is 4.82. The Kier molecular flexibility index (Phi) is 4.38. The number of anilines is 2. The Morgan fingerprint density at radius 1 is 1.39 bits per heavy atom. The minimum Gasteiger partial charge on any atom is -0.423 e. The van der Waals surface area contributed by atoms with Crippen LogP contribution in [0.15, 0.2) is 31.0 Å². The van der Waals surface area contributed by atoms with Crippen molar-refractivity contribution in [1.82, 2.24) is 4.90 Å². The summed E-state index contributed by atoms with van der Waals surface area (Å²) in [6.45, 7) is 6.48. The first kappa shape index (κ1) is 15.6. The lowest BCUT2D eigenvalue weighted by Crippen LogP contribution is -2.36. The van der Waals surface area contributed by atoms with Gasteiger partial charge in [0.25, 0.3) is 0 Å². The van der Waals surface area contributed by atoms with Crippen molar-refractivity contribution in [2.24, 2.45) is 0 Å². The highest BCUT2D eigenvalue weighted by Gasteiger charge is 2.34. The van der Waals surface area contributed by atoms with E-state index in [-0.39, 0.29) is 5.82 Å². The summed E-state index contributed by atoms with van der Waals surface area (Å²) in [4.78, 5) is 17.1. The first-order valence-corrected chi connectivity index (χ1v) is 7.55. The predicted octanol–water partition coefficient (Wildman–Crippen LogP) is 2.02. The lowest BCUT2D eigenvalue weighted by atomic mass is 10.2. The highest BCUT2D eigenvalue weighted by atomic mass is 19.1. The molecular formula is C16H20FN3O3. The van der Waals surface area contributed by atoms with E-state index in [4.69, 9.17) is 9.47 Å². The number of nitrogens with zero attached hydrogens (tertiary/aromatic N) is 3. The van der Waals surface area contributed by atoms with Gasteiger partial charge in [0.05, 0.1) is 31.1 Å². The van der Waals surface area contributed by atoms with E-state index < -0.39 is 12.3 Å². The van der Waals surface area contributed by atoms with Gasteiger partial charge in [-0.15, -0.1) is 0 Å². The van der Waals surface area contributed by atoms with Gasteiger partial charge < -0.3 is 19.3 Å². The Morgan fingerprint density at radius 3 is 2.78 bits per heavy atom. The third kappa shape index (κ3) is 3.10. The molecule has 6 nitrogen and oxygen atoms in total. The third-order valence-electron chi connectivity index (χ3n) is 4.13. The fourth-order valence-electron chi connectivity index (χ4n) is 2.71. The van der Waals surface area contributed by atoms with E-state index in [9.17, 15) is 9.18 Å². The zero-order chi connectivity index (χ0) is 16.4. The predicted molar refractivity (Wildman–Crippen MR) is 85.0 cm³/mol. The number of morpholine rings is 1. The highest BCUT2D eigenvalue weighted by Crippen LogP contribution is 2.28. The molecule has 2 aliphatic heterocycles. The third-order valence-corrected chi connectivity index (χ3v) is 4.13. The van der Waals surface area contributed by atoms with E-state index in [1.54, 1.807) is 30.3 Å². The molecule has 23 heavy (non-hydrogen) atoms. The second kappa shape index (κ2) is 6.45. The van der Waals surface area contributed by atoms with E-state index in [1.807, 2.05) is 4.90 Å². The summed E-state index contributed by atoms with van der Waals surface area (Å²) < 4.78 is 25.0. The Morgan fingerprint density at radius 2 is 2.13 bits per heavy atom. The van der Waals surface area contributed by atoms with Crippen LogP contribution in [0.25, 0.3) is 0 Å². The maximum atomic E-state index is 14.4. The lowest BCUT2D eigenvalue weighted by molar-refractivity contribution is 0.0673. The molecule has 0 spiro atoms. The molecule has 7 heteroatoms. The van der Waals surface area contributed by atoms with Crippen molar-refractivity contribution < 1.29 is 18.7 Å². The molecule has 0 saturated carbocycles. The van der Waals surface area contributed by atoms with E-state index in [2.05, 4.69) is 6.58 Å². The molecular weight excluding hydrogens is 301 g/mol. The van der Waals surface area contributed by atoms with Gasteiger partial charge in [-0.3, -0.25) is 4.90 Å². The van der Waals surface area contributed by atoms with E-state index in [1.165, 1.54) is 11.0 Å². The molecule has 0 N–H and O–H groups in total. The minimum absolute atomic E-state index is 0.331. The van der Waals surface area contributed by atoms with Crippen LogP contribution in [0.2, 0.25) is 0 Å². The SMILES string of the molecule is C=CN(C)[C@@H]1CN(c2ccc(N3CCOCC3)c(F)c2)C(=O)O1. The summed E-state index contributed by atoms with van der Waals surface area (Å²) in [5.41, 5.74) is 1.02. The number of likely N-dealkylation sites (N-methyl/N-ethyl adjacent to an activating group) is 1.